The Balaban J connectivity index is 1.86. The van der Waals surface area contributed by atoms with Crippen LogP contribution in [0.2, 0.25) is 0 Å². The number of benzene rings is 2. The maximum atomic E-state index is 13.1. The van der Waals surface area contributed by atoms with Crippen molar-refractivity contribution in [3.05, 3.63) is 53.6 Å². The number of hydrogen-bond donors (Lipinski definition) is 1. The average molecular weight is 447 g/mol. The number of nitrogens with one attached hydrogen (secondary N) is 1. The van der Waals surface area contributed by atoms with Crippen molar-refractivity contribution < 1.29 is 27.5 Å². The van der Waals surface area contributed by atoms with Crippen molar-refractivity contribution in [3.8, 4) is 5.75 Å². The summed E-state index contributed by atoms with van der Waals surface area (Å²) in [6.07, 6.45) is 4.01. The molecule has 1 amide bonds. The van der Waals surface area contributed by atoms with E-state index in [2.05, 4.69) is 9.46 Å². The van der Waals surface area contributed by atoms with Gasteiger partial charge < -0.3 is 14.4 Å². The predicted octanol–water partition coefficient (Wildman–Crippen LogP) is 3.30. The van der Waals surface area contributed by atoms with Gasteiger partial charge in [0.1, 0.15) is 5.75 Å². The summed E-state index contributed by atoms with van der Waals surface area (Å²) in [6.45, 7) is 1.29. The Morgan fingerprint density at radius 1 is 0.935 bits per heavy atom. The first kappa shape index (κ1) is 22.6. The van der Waals surface area contributed by atoms with Crippen LogP contribution in [0, 0.1) is 0 Å². The van der Waals surface area contributed by atoms with Gasteiger partial charge in [0.15, 0.2) is 0 Å². The van der Waals surface area contributed by atoms with E-state index in [0.717, 1.165) is 25.7 Å². The molecular formula is C22H26N2O6S. The molecule has 0 aromatic heterocycles. The molecule has 0 bridgehead atoms. The van der Waals surface area contributed by atoms with Crippen molar-refractivity contribution in [2.24, 2.45) is 0 Å². The van der Waals surface area contributed by atoms with E-state index in [0.29, 0.717) is 24.4 Å². The fourth-order valence-electron chi connectivity index (χ4n) is 3.47. The Morgan fingerprint density at radius 3 is 2.16 bits per heavy atom. The van der Waals surface area contributed by atoms with E-state index < -0.39 is 16.0 Å². The molecule has 1 saturated heterocycles. The summed E-state index contributed by atoms with van der Waals surface area (Å²) >= 11 is 0. The molecule has 1 aliphatic heterocycles. The summed E-state index contributed by atoms with van der Waals surface area (Å²) in [5, 5.41) is 0. The monoisotopic (exact) mass is 446 g/mol. The van der Waals surface area contributed by atoms with E-state index in [-0.39, 0.29) is 22.1 Å². The molecular weight excluding hydrogens is 420 g/mol. The van der Waals surface area contributed by atoms with Crippen LogP contribution in [-0.4, -0.2) is 52.5 Å². The first-order chi connectivity index (χ1) is 14.9. The molecule has 0 saturated carbocycles. The minimum absolute atomic E-state index is 0.0523. The Hall–Kier alpha value is -3.07. The van der Waals surface area contributed by atoms with Gasteiger partial charge in [0, 0.05) is 18.8 Å². The van der Waals surface area contributed by atoms with E-state index in [4.69, 9.17) is 4.74 Å². The summed E-state index contributed by atoms with van der Waals surface area (Å²) in [6, 6.07) is 10.1. The van der Waals surface area contributed by atoms with Gasteiger partial charge in [-0.05, 0) is 55.3 Å². The molecule has 1 fully saturated rings. The zero-order chi connectivity index (χ0) is 22.4. The zero-order valence-electron chi connectivity index (χ0n) is 17.6. The summed E-state index contributed by atoms with van der Waals surface area (Å²) in [5.41, 5.74) is 0.803. The van der Waals surface area contributed by atoms with Crippen molar-refractivity contribution in [2.45, 2.75) is 30.6 Å². The maximum Gasteiger partial charge on any atom is 0.337 e. The molecule has 1 heterocycles. The Bertz CT molecular complexity index is 1040. The van der Waals surface area contributed by atoms with Crippen LogP contribution in [0.25, 0.3) is 0 Å². The number of likely N-dealkylation sites (tertiary alicyclic amines) is 1. The maximum absolute atomic E-state index is 13.1. The van der Waals surface area contributed by atoms with Crippen molar-refractivity contribution in [2.75, 3.05) is 32.0 Å². The molecule has 0 aliphatic carbocycles. The number of sulfonamides is 1. The fraction of sp³-hybridized carbons (Fsp3) is 0.364. The van der Waals surface area contributed by atoms with Crippen LogP contribution in [-0.2, 0) is 14.8 Å². The number of anilines is 1. The highest BCUT2D eigenvalue weighted by atomic mass is 32.2. The lowest BCUT2D eigenvalue weighted by Crippen LogP contribution is -2.32. The number of esters is 1. The second-order valence-corrected chi connectivity index (χ2v) is 8.93. The van der Waals surface area contributed by atoms with Crippen molar-refractivity contribution in [1.82, 2.24) is 4.90 Å². The van der Waals surface area contributed by atoms with Gasteiger partial charge in [-0.15, -0.1) is 0 Å². The summed E-state index contributed by atoms with van der Waals surface area (Å²) in [7, 11) is -1.24. The Morgan fingerprint density at radius 2 is 1.58 bits per heavy atom. The van der Waals surface area contributed by atoms with Crippen LogP contribution in [0.5, 0.6) is 5.75 Å². The number of ether oxygens (including phenoxy) is 2. The van der Waals surface area contributed by atoms with Crippen LogP contribution in [0.3, 0.4) is 0 Å². The van der Waals surface area contributed by atoms with Crippen molar-refractivity contribution in [1.29, 1.82) is 0 Å². The minimum Gasteiger partial charge on any atom is -0.496 e. The highest BCUT2D eigenvalue weighted by molar-refractivity contribution is 7.92. The number of rotatable bonds is 6. The molecule has 2 aromatic rings. The number of nitrogens with zero attached hydrogens (tertiary/aromatic N) is 1. The SMILES string of the molecule is COC(=O)c1ccc(NS(=O)(=O)c2ccc(OC)c(C(=O)N3CCCCCC3)c2)cc1. The molecule has 0 spiro atoms. The van der Waals surface area contributed by atoms with Crippen molar-refractivity contribution in [3.63, 3.8) is 0 Å². The first-order valence-corrected chi connectivity index (χ1v) is 11.5. The number of amides is 1. The van der Waals surface area contributed by atoms with Gasteiger partial charge in [0.2, 0.25) is 0 Å². The Kier molecular flexibility index (Phi) is 7.17. The van der Waals surface area contributed by atoms with Gasteiger partial charge in [-0.1, -0.05) is 12.8 Å². The van der Waals surface area contributed by atoms with Gasteiger partial charge in [0.05, 0.1) is 30.2 Å². The molecule has 8 nitrogen and oxygen atoms in total. The lowest BCUT2D eigenvalue weighted by Gasteiger charge is -2.22. The second kappa shape index (κ2) is 9.82. The van der Waals surface area contributed by atoms with Gasteiger partial charge in [-0.3, -0.25) is 9.52 Å². The minimum atomic E-state index is -3.96. The highest BCUT2D eigenvalue weighted by Gasteiger charge is 2.24. The fourth-order valence-corrected chi connectivity index (χ4v) is 4.56. The van der Waals surface area contributed by atoms with Gasteiger partial charge in [-0.25, -0.2) is 13.2 Å². The quantitative estimate of drug-likeness (QED) is 0.683. The van der Waals surface area contributed by atoms with Crippen LogP contribution in [0.15, 0.2) is 47.4 Å². The molecule has 3 rings (SSSR count). The molecule has 0 unspecified atom stereocenters. The molecule has 31 heavy (non-hydrogen) atoms. The Labute approximate surface area is 182 Å². The number of carbonyl (C=O) groups excluding carboxylic acids is 2. The van der Waals surface area contributed by atoms with Gasteiger partial charge in [0.25, 0.3) is 15.9 Å². The molecule has 2 aromatic carbocycles. The summed E-state index contributed by atoms with van der Waals surface area (Å²) in [4.78, 5) is 26.3. The third kappa shape index (κ3) is 5.35. The molecule has 0 radical (unpaired) electrons. The highest BCUT2D eigenvalue weighted by Crippen LogP contribution is 2.26. The van der Waals surface area contributed by atoms with Crippen LogP contribution < -0.4 is 9.46 Å². The lowest BCUT2D eigenvalue weighted by atomic mass is 10.1. The van der Waals surface area contributed by atoms with Gasteiger partial charge in [-0.2, -0.15) is 0 Å². The van der Waals surface area contributed by atoms with E-state index in [1.54, 1.807) is 4.90 Å². The molecule has 0 atom stereocenters. The van der Waals surface area contributed by atoms with Crippen LogP contribution >= 0.6 is 0 Å². The lowest BCUT2D eigenvalue weighted by molar-refractivity contribution is 0.0600. The molecule has 9 heteroatoms. The second-order valence-electron chi connectivity index (χ2n) is 7.24. The van der Waals surface area contributed by atoms with Gasteiger partial charge >= 0.3 is 5.97 Å². The number of methoxy groups -OCH3 is 2. The number of carbonyl (C=O) groups is 2. The predicted molar refractivity (Wildman–Crippen MR) is 116 cm³/mol. The third-order valence-corrected chi connectivity index (χ3v) is 6.54. The van der Waals surface area contributed by atoms with E-state index in [9.17, 15) is 18.0 Å². The molecule has 1 aliphatic rings. The summed E-state index contributed by atoms with van der Waals surface area (Å²) < 4.78 is 38.2. The molecule has 1 N–H and O–H groups in total. The van der Waals surface area contributed by atoms with E-state index in [1.165, 1.54) is 56.7 Å². The first-order valence-electron chi connectivity index (χ1n) is 10.0. The van der Waals surface area contributed by atoms with Crippen molar-refractivity contribution >= 4 is 27.6 Å². The molecule has 166 valence electrons. The van der Waals surface area contributed by atoms with Crippen LogP contribution in [0.1, 0.15) is 46.4 Å². The zero-order valence-corrected chi connectivity index (χ0v) is 18.4. The van der Waals surface area contributed by atoms with Crippen LogP contribution in [0.4, 0.5) is 5.69 Å². The number of hydrogen-bond acceptors (Lipinski definition) is 6. The normalized spacial score (nSPS) is 14.5. The van der Waals surface area contributed by atoms with E-state index >= 15 is 0 Å². The third-order valence-electron chi connectivity index (χ3n) is 5.16. The standard InChI is InChI=1S/C22H26N2O6S/c1-29-20-12-11-18(15-19(20)21(25)24-13-5-3-4-6-14-24)31(27,28)23-17-9-7-16(8-10-17)22(26)30-2/h7-12,15,23H,3-6,13-14H2,1-2H3. The average Bonchev–Trinajstić information content (AvgIpc) is 3.07. The largest absolute Gasteiger partial charge is 0.496 e. The smallest absolute Gasteiger partial charge is 0.337 e. The summed E-state index contributed by atoms with van der Waals surface area (Å²) in [5.74, 6) is -0.421. The van der Waals surface area contributed by atoms with E-state index in [1.807, 2.05) is 0 Å². The topological polar surface area (TPSA) is 102 Å².